The first kappa shape index (κ1) is 22.5. The number of aromatic nitrogens is 2. The summed E-state index contributed by atoms with van der Waals surface area (Å²) < 4.78 is 0. The van der Waals surface area contributed by atoms with E-state index < -0.39 is 0 Å². The molecule has 5 heteroatoms. The Morgan fingerprint density at radius 1 is 0.760 bits per heavy atom. The number of rotatable bonds is 1. The van der Waals surface area contributed by atoms with Crippen molar-refractivity contribution < 1.29 is 21.1 Å². The molecule has 4 rings (SSSR count). The molecule has 2 aliphatic rings. The summed E-state index contributed by atoms with van der Waals surface area (Å²) >= 11 is 9.77. The van der Waals surface area contributed by atoms with Crippen LogP contribution < -0.4 is 0 Å². The summed E-state index contributed by atoms with van der Waals surface area (Å²) in [5.41, 5.74) is 2.36. The van der Waals surface area contributed by atoms with Crippen molar-refractivity contribution in [3.63, 3.8) is 0 Å². The Hall–Kier alpha value is -0.572. The molecule has 0 amide bonds. The van der Waals surface area contributed by atoms with Crippen molar-refractivity contribution in [2.24, 2.45) is 0 Å². The molecule has 10 radical (unpaired) electrons. The van der Waals surface area contributed by atoms with Crippen LogP contribution >= 0.6 is 0 Å². The zero-order chi connectivity index (χ0) is 17.0. The summed E-state index contributed by atoms with van der Waals surface area (Å²) in [5, 5.41) is 1.44. The standard InChI is InChI=1S/C10H8N2S2.2C5H5.Mo/c13-6-10(14)9-5-11-7-3-1-2-4-8(7)12-9;2*1-2-4-5-3-1;/h1-6,13-14H;2*1-5H;/q;;;+2/p-2/b10-6-;;;. The van der Waals surface area contributed by atoms with Gasteiger partial charge in [0.05, 0.1) is 22.9 Å². The quantitative estimate of drug-likeness (QED) is 0.490. The van der Waals surface area contributed by atoms with Crippen molar-refractivity contribution in [1.29, 1.82) is 0 Å². The van der Waals surface area contributed by atoms with Gasteiger partial charge in [-0.05, 0) is 76.3 Å². The van der Waals surface area contributed by atoms with Crippen molar-refractivity contribution >= 4 is 41.2 Å². The van der Waals surface area contributed by atoms with Crippen LogP contribution in [0.4, 0.5) is 0 Å². The van der Waals surface area contributed by atoms with Gasteiger partial charge < -0.3 is 25.3 Å². The van der Waals surface area contributed by atoms with Gasteiger partial charge in [-0.3, -0.25) is 4.98 Å². The van der Waals surface area contributed by atoms with Crippen LogP contribution in [0.15, 0.2) is 35.9 Å². The van der Waals surface area contributed by atoms with E-state index in [9.17, 15) is 0 Å². The van der Waals surface area contributed by atoms with Crippen molar-refractivity contribution in [2.45, 2.75) is 0 Å². The zero-order valence-corrected chi connectivity index (χ0v) is 17.0. The molecule has 0 aliphatic heterocycles. The van der Waals surface area contributed by atoms with E-state index in [1.165, 1.54) is 5.41 Å². The molecule has 0 N–H and O–H groups in total. The molecule has 1 heterocycles. The molecule has 1 aromatic carbocycles. The summed E-state index contributed by atoms with van der Waals surface area (Å²) in [5.74, 6) is 0. The van der Waals surface area contributed by atoms with Crippen molar-refractivity contribution in [2.75, 3.05) is 0 Å². The largest absolute Gasteiger partial charge is 2.00 e. The summed E-state index contributed by atoms with van der Waals surface area (Å²) in [6, 6.07) is 7.65. The number of para-hydroxylation sites is 2. The predicted molar refractivity (Wildman–Crippen MR) is 105 cm³/mol. The molecule has 0 saturated heterocycles. The second kappa shape index (κ2) is 13.6. The van der Waals surface area contributed by atoms with Crippen LogP contribution in [0.1, 0.15) is 5.69 Å². The van der Waals surface area contributed by atoms with Gasteiger partial charge in [-0.25, -0.2) is 10.4 Å². The maximum Gasteiger partial charge on any atom is 2.00 e. The maximum atomic E-state index is 5.02. The van der Waals surface area contributed by atoms with Gasteiger partial charge in [-0.15, -0.1) is 0 Å². The minimum absolute atomic E-state index is 0. The molecule has 2 nitrogen and oxygen atoms in total. The molecule has 0 atom stereocenters. The smallest absolute Gasteiger partial charge is 0.789 e. The zero-order valence-electron chi connectivity index (χ0n) is 13.4. The number of fused-ring (bicyclic) bond motifs is 1. The van der Waals surface area contributed by atoms with Gasteiger partial charge in [-0.1, -0.05) is 12.1 Å². The van der Waals surface area contributed by atoms with Crippen LogP contribution in [-0.2, 0) is 46.3 Å². The summed E-state index contributed by atoms with van der Waals surface area (Å²) in [6.07, 6.45) is 21.6. The molecule has 2 aromatic rings. The molecule has 25 heavy (non-hydrogen) atoms. The number of hydrogen-bond donors (Lipinski definition) is 0. The molecule has 2 fully saturated rings. The van der Waals surface area contributed by atoms with E-state index >= 15 is 0 Å². The molecular formula is C20H16MoN2S2. The molecule has 0 unspecified atom stereocenters. The SMILES string of the molecule is [CH]1[CH][CH][CH][CH]1.[CH]1[CH][CH][CH][CH]1.[Mo+2].[S-]/C=C(\[S-])c1cnc2ccccc2n1. The predicted octanol–water partition coefficient (Wildman–Crippen LogP) is 4.06. The van der Waals surface area contributed by atoms with E-state index in [4.69, 9.17) is 25.3 Å². The first-order valence-corrected chi connectivity index (χ1v) is 8.24. The normalized spacial score (nSPS) is 16.2. The molecule has 124 valence electrons. The van der Waals surface area contributed by atoms with E-state index in [1.807, 2.05) is 88.5 Å². The van der Waals surface area contributed by atoms with Gasteiger partial charge in [-0.2, -0.15) is 4.91 Å². The third-order valence-electron chi connectivity index (χ3n) is 2.92. The minimum atomic E-state index is 0. The van der Waals surface area contributed by atoms with E-state index in [2.05, 4.69) is 9.97 Å². The summed E-state index contributed by atoms with van der Waals surface area (Å²) in [7, 11) is 0. The fourth-order valence-corrected chi connectivity index (χ4v) is 2.00. The van der Waals surface area contributed by atoms with E-state index in [-0.39, 0.29) is 21.1 Å². The molecule has 2 saturated carbocycles. The maximum absolute atomic E-state index is 5.02. The van der Waals surface area contributed by atoms with Crippen molar-refractivity contribution in [1.82, 2.24) is 9.97 Å². The Morgan fingerprint density at radius 2 is 1.20 bits per heavy atom. The van der Waals surface area contributed by atoms with E-state index in [0.29, 0.717) is 10.6 Å². The fraction of sp³-hybridized carbons (Fsp3) is 0. The Bertz CT molecular complexity index is 613. The third kappa shape index (κ3) is 8.57. The van der Waals surface area contributed by atoms with Crippen LogP contribution in [0.25, 0.3) is 15.9 Å². The molecule has 0 spiro atoms. The second-order valence-electron chi connectivity index (χ2n) is 4.65. The van der Waals surface area contributed by atoms with Crippen LogP contribution in [0.3, 0.4) is 0 Å². The van der Waals surface area contributed by atoms with Crippen LogP contribution in [-0.4, -0.2) is 9.97 Å². The van der Waals surface area contributed by atoms with Crippen molar-refractivity contribution in [3.05, 3.63) is 106 Å². The Balaban J connectivity index is 0.000000233. The number of nitrogens with zero attached hydrogens (tertiary/aromatic N) is 2. The van der Waals surface area contributed by atoms with Gasteiger partial charge in [0, 0.05) is 0 Å². The Kier molecular flexibility index (Phi) is 12.2. The average molecular weight is 444 g/mol. The van der Waals surface area contributed by atoms with Gasteiger partial charge in [0.15, 0.2) is 0 Å². The fourth-order valence-electron chi connectivity index (χ4n) is 1.78. The number of benzene rings is 1. The molecule has 2 aliphatic carbocycles. The minimum Gasteiger partial charge on any atom is -0.789 e. The van der Waals surface area contributed by atoms with Gasteiger partial charge in [0.2, 0.25) is 0 Å². The van der Waals surface area contributed by atoms with E-state index in [1.54, 1.807) is 6.20 Å². The first-order valence-electron chi connectivity index (χ1n) is 7.36. The van der Waals surface area contributed by atoms with Crippen LogP contribution in [0, 0.1) is 64.2 Å². The van der Waals surface area contributed by atoms with E-state index in [0.717, 1.165) is 11.0 Å². The monoisotopic (exact) mass is 446 g/mol. The first-order chi connectivity index (χ1) is 11.8. The third-order valence-corrected chi connectivity index (χ3v) is 3.63. The van der Waals surface area contributed by atoms with Gasteiger partial charge in [0.1, 0.15) is 0 Å². The topological polar surface area (TPSA) is 25.8 Å². The van der Waals surface area contributed by atoms with Crippen LogP contribution in [0.2, 0.25) is 0 Å². The van der Waals surface area contributed by atoms with Crippen molar-refractivity contribution in [3.8, 4) is 0 Å². The molecule has 0 bridgehead atoms. The second-order valence-corrected chi connectivity index (χ2v) is 5.33. The van der Waals surface area contributed by atoms with Crippen LogP contribution in [0.5, 0.6) is 0 Å². The molecule has 1 aromatic heterocycles. The van der Waals surface area contributed by atoms with Gasteiger partial charge >= 0.3 is 21.1 Å². The average Bonchev–Trinajstić information content (AvgIpc) is 3.39. The Labute approximate surface area is 177 Å². The van der Waals surface area contributed by atoms with Gasteiger partial charge in [0.25, 0.3) is 0 Å². The Morgan fingerprint density at radius 3 is 1.64 bits per heavy atom. The number of hydrogen-bond acceptors (Lipinski definition) is 4. The summed E-state index contributed by atoms with van der Waals surface area (Å²) in [6.45, 7) is 0. The summed E-state index contributed by atoms with van der Waals surface area (Å²) in [4.78, 5) is 9.13. The molecular weight excluding hydrogens is 428 g/mol.